The Morgan fingerprint density at radius 3 is 2.80 bits per heavy atom. The van der Waals surface area contributed by atoms with E-state index in [0.717, 1.165) is 5.69 Å². The Hall–Kier alpha value is -2.34. The average Bonchev–Trinajstić information content (AvgIpc) is 2.44. The van der Waals surface area contributed by atoms with E-state index in [9.17, 15) is 15.0 Å². The lowest BCUT2D eigenvalue weighted by Gasteiger charge is -2.13. The standard InChI is InChI=1S/C14H17N3O3/c1-9-14(20)12(10(8-18)5-15-9)6-16-11-3-4-13(19)17(2)7-11/h3-5,7,16,18,20H,6,8H2,1-2H3. The summed E-state index contributed by atoms with van der Waals surface area (Å²) in [6.07, 6.45) is 3.22. The van der Waals surface area contributed by atoms with Crippen LogP contribution in [0.4, 0.5) is 5.69 Å². The molecule has 2 rings (SSSR count). The van der Waals surface area contributed by atoms with Crippen LogP contribution in [0.2, 0.25) is 0 Å². The molecule has 0 fully saturated rings. The third kappa shape index (κ3) is 2.80. The van der Waals surface area contributed by atoms with Crippen LogP contribution in [0.1, 0.15) is 16.8 Å². The Labute approximate surface area is 116 Å². The summed E-state index contributed by atoms with van der Waals surface area (Å²) in [6, 6.07) is 3.14. The minimum absolute atomic E-state index is 0.0777. The Morgan fingerprint density at radius 2 is 2.15 bits per heavy atom. The van der Waals surface area contributed by atoms with Gasteiger partial charge in [0, 0.05) is 43.2 Å². The molecule has 0 aliphatic rings. The van der Waals surface area contributed by atoms with Crippen molar-refractivity contribution in [2.75, 3.05) is 5.32 Å². The zero-order chi connectivity index (χ0) is 14.7. The van der Waals surface area contributed by atoms with Crippen LogP contribution in [0.15, 0.2) is 29.3 Å². The quantitative estimate of drug-likeness (QED) is 0.771. The molecular weight excluding hydrogens is 258 g/mol. The van der Waals surface area contributed by atoms with E-state index in [2.05, 4.69) is 10.3 Å². The molecule has 0 radical (unpaired) electrons. The molecule has 3 N–H and O–H groups in total. The van der Waals surface area contributed by atoms with Crippen molar-refractivity contribution < 1.29 is 10.2 Å². The molecule has 0 bridgehead atoms. The first kappa shape index (κ1) is 14.1. The number of hydrogen-bond acceptors (Lipinski definition) is 5. The summed E-state index contributed by atoms with van der Waals surface area (Å²) < 4.78 is 1.47. The van der Waals surface area contributed by atoms with Crippen LogP contribution in [0.3, 0.4) is 0 Å². The molecule has 0 saturated heterocycles. The fraction of sp³-hybridized carbons (Fsp3) is 0.286. The molecule has 0 aliphatic heterocycles. The van der Waals surface area contributed by atoms with Crippen molar-refractivity contribution in [2.45, 2.75) is 20.1 Å². The van der Waals surface area contributed by atoms with Gasteiger partial charge in [-0.15, -0.1) is 0 Å². The molecular formula is C14H17N3O3. The van der Waals surface area contributed by atoms with E-state index in [1.165, 1.54) is 10.6 Å². The number of nitrogens with one attached hydrogen (secondary N) is 1. The monoisotopic (exact) mass is 275 g/mol. The van der Waals surface area contributed by atoms with Gasteiger partial charge in [-0.1, -0.05) is 0 Å². The second kappa shape index (κ2) is 5.75. The first-order chi connectivity index (χ1) is 9.52. The highest BCUT2D eigenvalue weighted by Crippen LogP contribution is 2.24. The molecule has 106 valence electrons. The second-order valence-electron chi connectivity index (χ2n) is 4.57. The highest BCUT2D eigenvalue weighted by molar-refractivity contribution is 5.46. The maximum absolute atomic E-state index is 11.3. The van der Waals surface area contributed by atoms with E-state index in [0.29, 0.717) is 23.4 Å². The van der Waals surface area contributed by atoms with Crippen LogP contribution in [0, 0.1) is 6.92 Å². The van der Waals surface area contributed by atoms with Gasteiger partial charge >= 0.3 is 0 Å². The predicted molar refractivity (Wildman–Crippen MR) is 75.6 cm³/mol. The molecule has 0 saturated carbocycles. The molecule has 2 heterocycles. The highest BCUT2D eigenvalue weighted by atomic mass is 16.3. The number of anilines is 1. The summed E-state index contributed by atoms with van der Waals surface area (Å²) in [5.41, 5.74) is 2.36. The molecule has 6 nitrogen and oxygen atoms in total. The summed E-state index contributed by atoms with van der Waals surface area (Å²) >= 11 is 0. The van der Waals surface area contributed by atoms with Gasteiger partial charge in [0.2, 0.25) is 5.56 Å². The summed E-state index contributed by atoms with van der Waals surface area (Å²) in [6.45, 7) is 1.85. The van der Waals surface area contributed by atoms with Crippen molar-refractivity contribution in [3.05, 3.63) is 51.7 Å². The lowest BCUT2D eigenvalue weighted by Crippen LogP contribution is -2.15. The van der Waals surface area contributed by atoms with E-state index >= 15 is 0 Å². The minimum atomic E-state index is -0.189. The molecule has 0 spiro atoms. The summed E-state index contributed by atoms with van der Waals surface area (Å²) in [5.74, 6) is 0.0777. The van der Waals surface area contributed by atoms with Gasteiger partial charge < -0.3 is 20.1 Å². The summed E-state index contributed by atoms with van der Waals surface area (Å²) in [4.78, 5) is 15.3. The molecule has 2 aromatic rings. The van der Waals surface area contributed by atoms with Crippen molar-refractivity contribution in [2.24, 2.45) is 7.05 Å². The number of nitrogens with zero attached hydrogens (tertiary/aromatic N) is 2. The van der Waals surface area contributed by atoms with Gasteiger partial charge in [0.15, 0.2) is 0 Å². The largest absolute Gasteiger partial charge is 0.506 e. The van der Waals surface area contributed by atoms with Crippen molar-refractivity contribution in [3.8, 4) is 5.75 Å². The van der Waals surface area contributed by atoms with E-state index in [1.54, 1.807) is 32.4 Å². The minimum Gasteiger partial charge on any atom is -0.506 e. The van der Waals surface area contributed by atoms with E-state index in [4.69, 9.17) is 0 Å². The zero-order valence-corrected chi connectivity index (χ0v) is 11.4. The highest BCUT2D eigenvalue weighted by Gasteiger charge is 2.11. The normalized spacial score (nSPS) is 10.6. The smallest absolute Gasteiger partial charge is 0.250 e. The van der Waals surface area contributed by atoms with Crippen molar-refractivity contribution in [3.63, 3.8) is 0 Å². The van der Waals surface area contributed by atoms with Gasteiger partial charge in [0.25, 0.3) is 0 Å². The van der Waals surface area contributed by atoms with E-state index in [1.807, 2.05) is 0 Å². The molecule has 20 heavy (non-hydrogen) atoms. The maximum atomic E-state index is 11.3. The fourth-order valence-electron chi connectivity index (χ4n) is 1.91. The van der Waals surface area contributed by atoms with Crippen LogP contribution >= 0.6 is 0 Å². The number of aromatic nitrogens is 2. The van der Waals surface area contributed by atoms with Gasteiger partial charge in [-0.2, -0.15) is 0 Å². The summed E-state index contributed by atoms with van der Waals surface area (Å²) in [5, 5.41) is 22.4. The lowest BCUT2D eigenvalue weighted by molar-refractivity contribution is 0.279. The van der Waals surface area contributed by atoms with Gasteiger partial charge in [0.05, 0.1) is 18.0 Å². The molecule has 2 aromatic heterocycles. The van der Waals surface area contributed by atoms with E-state index in [-0.39, 0.29) is 17.9 Å². The number of aromatic hydroxyl groups is 1. The van der Waals surface area contributed by atoms with Gasteiger partial charge in [-0.25, -0.2) is 0 Å². The van der Waals surface area contributed by atoms with Crippen molar-refractivity contribution in [1.82, 2.24) is 9.55 Å². The number of hydrogen-bond donors (Lipinski definition) is 3. The number of rotatable bonds is 4. The third-order valence-corrected chi connectivity index (χ3v) is 3.16. The SMILES string of the molecule is Cc1ncc(CO)c(CNc2ccc(=O)n(C)c2)c1O. The Balaban J connectivity index is 2.24. The van der Waals surface area contributed by atoms with Gasteiger partial charge in [-0.05, 0) is 13.0 Å². The van der Waals surface area contributed by atoms with E-state index < -0.39 is 0 Å². The van der Waals surface area contributed by atoms with Crippen LogP contribution < -0.4 is 10.9 Å². The first-order valence-corrected chi connectivity index (χ1v) is 6.20. The maximum Gasteiger partial charge on any atom is 0.250 e. The predicted octanol–water partition coefficient (Wildman–Crippen LogP) is 0.899. The number of aryl methyl sites for hydroxylation is 2. The zero-order valence-electron chi connectivity index (χ0n) is 11.4. The second-order valence-corrected chi connectivity index (χ2v) is 4.57. The molecule has 0 aromatic carbocycles. The molecule has 0 amide bonds. The molecule has 0 aliphatic carbocycles. The average molecular weight is 275 g/mol. The molecule has 6 heteroatoms. The Morgan fingerprint density at radius 1 is 1.40 bits per heavy atom. The fourth-order valence-corrected chi connectivity index (χ4v) is 1.91. The molecule has 0 atom stereocenters. The number of pyridine rings is 2. The third-order valence-electron chi connectivity index (χ3n) is 3.16. The van der Waals surface area contributed by atoms with Crippen molar-refractivity contribution in [1.29, 1.82) is 0 Å². The van der Waals surface area contributed by atoms with Crippen LogP contribution in [0.5, 0.6) is 5.75 Å². The topological polar surface area (TPSA) is 87.4 Å². The van der Waals surface area contributed by atoms with Crippen LogP contribution in [-0.2, 0) is 20.2 Å². The number of aliphatic hydroxyl groups excluding tert-OH is 1. The van der Waals surface area contributed by atoms with Crippen LogP contribution in [-0.4, -0.2) is 19.8 Å². The van der Waals surface area contributed by atoms with Gasteiger partial charge in [0.1, 0.15) is 5.75 Å². The lowest BCUT2D eigenvalue weighted by atomic mass is 10.1. The first-order valence-electron chi connectivity index (χ1n) is 6.20. The van der Waals surface area contributed by atoms with Gasteiger partial charge in [-0.3, -0.25) is 9.78 Å². The molecule has 0 unspecified atom stereocenters. The summed E-state index contributed by atoms with van der Waals surface area (Å²) in [7, 11) is 1.67. The number of aliphatic hydroxyl groups is 1. The Kier molecular flexibility index (Phi) is 4.05. The van der Waals surface area contributed by atoms with Crippen molar-refractivity contribution >= 4 is 5.69 Å². The van der Waals surface area contributed by atoms with Crippen LogP contribution in [0.25, 0.3) is 0 Å². The Bertz CT molecular complexity index is 680.